The zero-order chi connectivity index (χ0) is 13.2. The molecule has 0 aliphatic heterocycles. The number of benzene rings is 1. The molecule has 0 saturated carbocycles. The van der Waals surface area contributed by atoms with Gasteiger partial charge in [0.25, 0.3) is 0 Å². The van der Waals surface area contributed by atoms with E-state index in [4.69, 9.17) is 10.8 Å². The molecule has 0 aromatic heterocycles. The summed E-state index contributed by atoms with van der Waals surface area (Å²) in [5.74, 6) is -1.36. The Bertz CT molecular complexity index is 455. The van der Waals surface area contributed by atoms with Crippen LogP contribution in [0.2, 0.25) is 0 Å². The molecule has 0 spiro atoms. The number of hydrogen-bond donors (Lipinski definition) is 3. The predicted octanol–water partition coefficient (Wildman–Crippen LogP) is 3.60. The van der Waals surface area contributed by atoms with E-state index in [9.17, 15) is 13.2 Å². The van der Waals surface area contributed by atoms with E-state index in [1.165, 1.54) is 6.07 Å². The average Bonchev–Trinajstić information content (AvgIpc) is 2.20. The van der Waals surface area contributed by atoms with Crippen LogP contribution in [0, 0.1) is 17.7 Å². The fourth-order valence-electron chi connectivity index (χ4n) is 1.51. The van der Waals surface area contributed by atoms with E-state index >= 15 is 0 Å². The number of hydrogen-bond acceptors (Lipinski definition) is 3. The third kappa shape index (κ3) is 3.09. The minimum absolute atomic E-state index is 0.306. The van der Waals surface area contributed by atoms with Crippen LogP contribution in [0.5, 0.6) is 0 Å². The normalized spacial score (nSPS) is 13.2. The highest BCUT2D eigenvalue weighted by Gasteiger charge is 2.39. The molecule has 1 atom stereocenters. The summed E-state index contributed by atoms with van der Waals surface area (Å²) in [6.45, 7) is 1.63. The van der Waals surface area contributed by atoms with Gasteiger partial charge in [0.2, 0.25) is 0 Å². The lowest BCUT2D eigenvalue weighted by atomic mass is 9.91. The van der Waals surface area contributed by atoms with E-state index in [0.717, 1.165) is 0 Å². The Morgan fingerprint density at radius 1 is 1.41 bits per heavy atom. The summed E-state index contributed by atoms with van der Waals surface area (Å²) >= 11 is 4.07. The highest BCUT2D eigenvalue weighted by Crippen LogP contribution is 2.29. The van der Waals surface area contributed by atoms with Crippen LogP contribution in [-0.2, 0) is 0 Å². The van der Waals surface area contributed by atoms with Gasteiger partial charge in [0.05, 0.1) is 5.92 Å². The summed E-state index contributed by atoms with van der Waals surface area (Å²) in [7, 11) is 0. The minimum atomic E-state index is -4.71. The predicted molar refractivity (Wildman–Crippen MR) is 63.7 cm³/mol. The first kappa shape index (κ1) is 13.8. The molecule has 1 unspecified atom stereocenters. The van der Waals surface area contributed by atoms with Crippen molar-refractivity contribution < 1.29 is 13.2 Å². The number of aryl methyl sites for hydroxylation is 1. The molecule has 1 rings (SSSR count). The highest BCUT2D eigenvalue weighted by atomic mass is 32.1. The van der Waals surface area contributed by atoms with Gasteiger partial charge in [-0.15, -0.1) is 12.6 Å². The quantitative estimate of drug-likeness (QED) is 0.549. The lowest BCUT2D eigenvalue weighted by Gasteiger charge is -2.18. The maximum Gasteiger partial charge on any atom is 0.429 e. The van der Waals surface area contributed by atoms with Crippen molar-refractivity contribution in [3.05, 3.63) is 29.3 Å². The van der Waals surface area contributed by atoms with Crippen molar-refractivity contribution in [2.75, 3.05) is 0 Å². The van der Waals surface area contributed by atoms with Gasteiger partial charge in [0.1, 0.15) is 5.71 Å². The Morgan fingerprint density at radius 2 is 2.00 bits per heavy atom. The molecule has 0 radical (unpaired) electrons. The summed E-state index contributed by atoms with van der Waals surface area (Å²) in [6, 6.07) is 4.62. The molecular formula is C11H11F3N2S. The molecule has 1 aromatic carbocycles. The Kier molecular flexibility index (Phi) is 3.98. The first-order valence-corrected chi connectivity index (χ1v) is 5.18. The molecule has 0 heterocycles. The van der Waals surface area contributed by atoms with Crippen molar-refractivity contribution in [2.24, 2.45) is 0 Å². The molecule has 92 valence electrons. The second-order valence-corrected chi connectivity index (χ2v) is 4.11. The van der Waals surface area contributed by atoms with E-state index in [2.05, 4.69) is 12.6 Å². The summed E-state index contributed by atoms with van der Waals surface area (Å²) in [5, 5.41) is 14.2. The third-order valence-corrected chi connectivity index (χ3v) is 2.65. The van der Waals surface area contributed by atoms with Gasteiger partial charge in [-0.1, -0.05) is 6.07 Å². The molecular weight excluding hydrogens is 249 g/mol. The number of nitrogens with one attached hydrogen (secondary N) is 2. The van der Waals surface area contributed by atoms with Gasteiger partial charge >= 0.3 is 6.18 Å². The molecule has 2 N–H and O–H groups in total. The molecule has 0 amide bonds. The number of thiol groups is 1. The number of halogens is 3. The van der Waals surface area contributed by atoms with E-state index in [0.29, 0.717) is 22.2 Å². The van der Waals surface area contributed by atoms with Crippen LogP contribution in [0.4, 0.5) is 13.2 Å². The van der Waals surface area contributed by atoms with Crippen molar-refractivity contribution >= 4 is 24.6 Å². The summed E-state index contributed by atoms with van der Waals surface area (Å²) < 4.78 is 37.3. The van der Waals surface area contributed by atoms with Crippen molar-refractivity contribution in [2.45, 2.75) is 23.9 Å². The first-order chi connectivity index (χ1) is 7.77. The van der Waals surface area contributed by atoms with Gasteiger partial charge in [-0.05, 0) is 30.2 Å². The lowest BCUT2D eigenvalue weighted by Crippen LogP contribution is -2.29. The van der Waals surface area contributed by atoms with E-state index in [-0.39, 0.29) is 0 Å². The standard InChI is InChI=1S/C11H11F3N2S/c1-6-4-7(17)2-3-8(6)9(5-15)10(16)11(12,13)14/h2-5,9,15-17H,1H3. The highest BCUT2D eigenvalue weighted by molar-refractivity contribution is 7.80. The molecule has 0 bridgehead atoms. The number of rotatable bonds is 3. The minimum Gasteiger partial charge on any atom is -0.312 e. The Balaban J connectivity index is 3.19. The SMILES string of the molecule is Cc1cc(S)ccc1C(C=N)C(=N)C(F)(F)F. The van der Waals surface area contributed by atoms with Crippen LogP contribution in [0.15, 0.2) is 23.1 Å². The van der Waals surface area contributed by atoms with Crippen LogP contribution in [0.25, 0.3) is 0 Å². The second kappa shape index (κ2) is 4.91. The summed E-state index contributed by atoms with van der Waals surface area (Å²) in [4.78, 5) is 0.633. The van der Waals surface area contributed by atoms with Crippen molar-refractivity contribution in [3.8, 4) is 0 Å². The smallest absolute Gasteiger partial charge is 0.312 e. The maximum atomic E-state index is 12.4. The second-order valence-electron chi connectivity index (χ2n) is 3.60. The topological polar surface area (TPSA) is 47.7 Å². The lowest BCUT2D eigenvalue weighted by molar-refractivity contribution is -0.0612. The van der Waals surface area contributed by atoms with Crippen LogP contribution < -0.4 is 0 Å². The average molecular weight is 260 g/mol. The van der Waals surface area contributed by atoms with E-state index in [1.807, 2.05) is 0 Å². The fourth-order valence-corrected chi connectivity index (χ4v) is 1.78. The Hall–Kier alpha value is -1.30. The van der Waals surface area contributed by atoms with Gasteiger partial charge in [0, 0.05) is 11.1 Å². The third-order valence-electron chi connectivity index (χ3n) is 2.37. The summed E-state index contributed by atoms with van der Waals surface area (Å²) in [5.41, 5.74) is -0.539. The Morgan fingerprint density at radius 3 is 2.41 bits per heavy atom. The maximum absolute atomic E-state index is 12.4. The van der Waals surface area contributed by atoms with Crippen LogP contribution in [0.3, 0.4) is 0 Å². The monoisotopic (exact) mass is 260 g/mol. The van der Waals surface area contributed by atoms with Gasteiger partial charge in [-0.25, -0.2) is 0 Å². The van der Waals surface area contributed by atoms with E-state index in [1.54, 1.807) is 19.1 Å². The molecule has 0 saturated heterocycles. The fraction of sp³-hybridized carbons (Fsp3) is 0.273. The Labute approximate surface area is 102 Å². The molecule has 6 heteroatoms. The molecule has 0 aliphatic carbocycles. The molecule has 0 fully saturated rings. The van der Waals surface area contributed by atoms with Gasteiger partial charge in [-0.3, -0.25) is 5.41 Å². The zero-order valence-electron chi connectivity index (χ0n) is 8.97. The number of alkyl halides is 3. The molecule has 2 nitrogen and oxygen atoms in total. The van der Waals surface area contributed by atoms with Gasteiger partial charge < -0.3 is 5.41 Å². The van der Waals surface area contributed by atoms with Crippen LogP contribution >= 0.6 is 12.6 Å². The van der Waals surface area contributed by atoms with Gasteiger partial charge in [-0.2, -0.15) is 13.2 Å². The zero-order valence-corrected chi connectivity index (χ0v) is 9.86. The van der Waals surface area contributed by atoms with Crippen molar-refractivity contribution in [1.29, 1.82) is 10.8 Å². The summed E-state index contributed by atoms with van der Waals surface area (Å²) in [6.07, 6.45) is -4.08. The van der Waals surface area contributed by atoms with Crippen molar-refractivity contribution in [3.63, 3.8) is 0 Å². The van der Waals surface area contributed by atoms with Crippen LogP contribution in [-0.4, -0.2) is 18.1 Å². The first-order valence-electron chi connectivity index (χ1n) is 4.73. The largest absolute Gasteiger partial charge is 0.429 e. The van der Waals surface area contributed by atoms with Crippen LogP contribution in [0.1, 0.15) is 17.0 Å². The molecule has 1 aromatic rings. The van der Waals surface area contributed by atoms with Gasteiger partial charge in [0.15, 0.2) is 0 Å². The molecule has 0 aliphatic rings. The van der Waals surface area contributed by atoms with Crippen molar-refractivity contribution in [1.82, 2.24) is 0 Å². The molecule has 17 heavy (non-hydrogen) atoms. The van der Waals surface area contributed by atoms with E-state index < -0.39 is 17.8 Å².